The molecule has 6 heteroatoms. The molecule has 0 spiro atoms. The van der Waals surface area contributed by atoms with Gasteiger partial charge in [-0.3, -0.25) is 10.1 Å². The maximum Gasteiger partial charge on any atom is 0.272 e. The SMILES string of the molecule is CNC1CC(Oc2ccc([N+](=O)[O-])cc2F)C1(C)C. The van der Waals surface area contributed by atoms with Crippen LogP contribution in [0.2, 0.25) is 0 Å². The first-order valence-corrected chi connectivity index (χ1v) is 6.14. The number of nitro groups is 1. The lowest BCUT2D eigenvalue weighted by Crippen LogP contribution is -2.61. The molecule has 1 aliphatic carbocycles. The summed E-state index contributed by atoms with van der Waals surface area (Å²) in [6, 6.07) is 3.78. The molecular formula is C13H17FN2O3. The molecular weight excluding hydrogens is 251 g/mol. The van der Waals surface area contributed by atoms with Crippen molar-refractivity contribution in [2.75, 3.05) is 7.05 Å². The van der Waals surface area contributed by atoms with Gasteiger partial charge < -0.3 is 10.1 Å². The summed E-state index contributed by atoms with van der Waals surface area (Å²) >= 11 is 0. The molecule has 0 aromatic heterocycles. The molecule has 1 fully saturated rings. The highest BCUT2D eigenvalue weighted by Crippen LogP contribution is 2.43. The van der Waals surface area contributed by atoms with Crippen molar-refractivity contribution in [2.24, 2.45) is 5.41 Å². The summed E-state index contributed by atoms with van der Waals surface area (Å²) in [4.78, 5) is 9.90. The van der Waals surface area contributed by atoms with Gasteiger partial charge in [0, 0.05) is 23.9 Å². The summed E-state index contributed by atoms with van der Waals surface area (Å²) in [5.41, 5.74) is -0.367. The second kappa shape index (κ2) is 4.77. The fourth-order valence-corrected chi connectivity index (χ4v) is 2.43. The Morgan fingerprint density at radius 1 is 1.53 bits per heavy atom. The molecule has 2 atom stereocenters. The fraction of sp³-hybridized carbons (Fsp3) is 0.538. The standard InChI is InChI=1S/C13H17FN2O3/c1-13(2)11(15-3)7-12(13)19-10-5-4-8(16(17)18)6-9(10)14/h4-6,11-12,15H,7H2,1-3H3. The van der Waals surface area contributed by atoms with Crippen LogP contribution >= 0.6 is 0 Å². The zero-order chi connectivity index (χ0) is 14.2. The number of rotatable bonds is 4. The first-order valence-electron chi connectivity index (χ1n) is 6.14. The van der Waals surface area contributed by atoms with E-state index < -0.39 is 10.7 Å². The number of hydrogen-bond donors (Lipinski definition) is 1. The van der Waals surface area contributed by atoms with Crippen molar-refractivity contribution in [3.05, 3.63) is 34.1 Å². The Morgan fingerprint density at radius 2 is 2.21 bits per heavy atom. The van der Waals surface area contributed by atoms with E-state index in [0.29, 0.717) is 6.04 Å². The smallest absolute Gasteiger partial charge is 0.272 e. The second-order valence-electron chi connectivity index (χ2n) is 5.38. The van der Waals surface area contributed by atoms with Crippen LogP contribution in [0.4, 0.5) is 10.1 Å². The average Bonchev–Trinajstić information content (AvgIpc) is 2.35. The maximum atomic E-state index is 13.7. The molecule has 0 bridgehead atoms. The van der Waals surface area contributed by atoms with E-state index in [0.717, 1.165) is 12.5 Å². The number of benzene rings is 1. The van der Waals surface area contributed by atoms with Crippen LogP contribution < -0.4 is 10.1 Å². The van der Waals surface area contributed by atoms with E-state index in [9.17, 15) is 14.5 Å². The highest BCUT2D eigenvalue weighted by atomic mass is 19.1. The topological polar surface area (TPSA) is 64.4 Å². The number of hydrogen-bond acceptors (Lipinski definition) is 4. The molecule has 1 aromatic rings. The van der Waals surface area contributed by atoms with Crippen LogP contribution in [0.3, 0.4) is 0 Å². The van der Waals surface area contributed by atoms with Gasteiger partial charge in [0.05, 0.1) is 11.0 Å². The molecule has 5 nitrogen and oxygen atoms in total. The van der Waals surface area contributed by atoms with Crippen molar-refractivity contribution in [3.8, 4) is 5.75 Å². The monoisotopic (exact) mass is 268 g/mol. The van der Waals surface area contributed by atoms with Gasteiger partial charge in [-0.2, -0.15) is 0 Å². The summed E-state index contributed by atoms with van der Waals surface area (Å²) in [7, 11) is 1.88. The average molecular weight is 268 g/mol. The Morgan fingerprint density at radius 3 is 2.68 bits per heavy atom. The molecule has 0 amide bonds. The Kier molecular flexibility index (Phi) is 3.45. The van der Waals surface area contributed by atoms with Gasteiger partial charge in [0.15, 0.2) is 11.6 Å². The molecule has 19 heavy (non-hydrogen) atoms. The van der Waals surface area contributed by atoms with Crippen LogP contribution in [0.15, 0.2) is 18.2 Å². The van der Waals surface area contributed by atoms with Gasteiger partial charge in [0.25, 0.3) is 5.69 Å². The van der Waals surface area contributed by atoms with Gasteiger partial charge in [0.2, 0.25) is 0 Å². The quantitative estimate of drug-likeness (QED) is 0.673. The van der Waals surface area contributed by atoms with Gasteiger partial charge in [-0.15, -0.1) is 0 Å². The summed E-state index contributed by atoms with van der Waals surface area (Å²) in [5.74, 6) is -0.629. The summed E-state index contributed by atoms with van der Waals surface area (Å²) in [6.07, 6.45) is 0.695. The van der Waals surface area contributed by atoms with Crippen LogP contribution in [0.5, 0.6) is 5.75 Å². The van der Waals surface area contributed by atoms with Crippen LogP contribution in [0.25, 0.3) is 0 Å². The summed E-state index contributed by atoms with van der Waals surface area (Å²) in [6.45, 7) is 4.09. The zero-order valence-corrected chi connectivity index (χ0v) is 11.1. The first-order chi connectivity index (χ1) is 8.86. The second-order valence-corrected chi connectivity index (χ2v) is 5.38. The van der Waals surface area contributed by atoms with Crippen molar-refractivity contribution < 1.29 is 14.1 Å². The molecule has 0 radical (unpaired) electrons. The van der Waals surface area contributed by atoms with E-state index in [4.69, 9.17) is 4.74 Å². The lowest BCUT2D eigenvalue weighted by molar-refractivity contribution is -0.385. The molecule has 0 aliphatic heterocycles. The van der Waals surface area contributed by atoms with Gasteiger partial charge in [-0.05, 0) is 13.1 Å². The number of halogens is 1. The molecule has 2 unspecified atom stereocenters. The van der Waals surface area contributed by atoms with Crippen molar-refractivity contribution in [2.45, 2.75) is 32.4 Å². The van der Waals surface area contributed by atoms with E-state index in [1.165, 1.54) is 12.1 Å². The minimum atomic E-state index is -0.696. The summed E-state index contributed by atoms with van der Waals surface area (Å²) < 4.78 is 19.3. The number of nitrogens with one attached hydrogen (secondary N) is 1. The third-order valence-corrected chi connectivity index (χ3v) is 3.92. The number of ether oxygens (including phenoxy) is 1. The Balaban J connectivity index is 2.11. The van der Waals surface area contributed by atoms with E-state index in [-0.39, 0.29) is 23.0 Å². The maximum absolute atomic E-state index is 13.7. The fourth-order valence-electron chi connectivity index (χ4n) is 2.43. The molecule has 1 aliphatic rings. The molecule has 1 N–H and O–H groups in total. The molecule has 0 heterocycles. The zero-order valence-electron chi connectivity index (χ0n) is 11.1. The highest BCUT2D eigenvalue weighted by Gasteiger charge is 2.49. The third-order valence-electron chi connectivity index (χ3n) is 3.92. The number of non-ortho nitro benzene ring substituents is 1. The lowest BCUT2D eigenvalue weighted by Gasteiger charge is -2.51. The van der Waals surface area contributed by atoms with Gasteiger partial charge >= 0.3 is 0 Å². The predicted molar refractivity (Wildman–Crippen MR) is 68.7 cm³/mol. The van der Waals surface area contributed by atoms with Gasteiger partial charge in [-0.1, -0.05) is 13.8 Å². The van der Waals surface area contributed by atoms with Gasteiger partial charge in [-0.25, -0.2) is 4.39 Å². The van der Waals surface area contributed by atoms with E-state index in [1.807, 2.05) is 20.9 Å². The van der Waals surface area contributed by atoms with Crippen molar-refractivity contribution in [1.82, 2.24) is 5.32 Å². The molecule has 104 valence electrons. The van der Waals surface area contributed by atoms with Crippen molar-refractivity contribution in [3.63, 3.8) is 0 Å². The van der Waals surface area contributed by atoms with Gasteiger partial charge in [0.1, 0.15) is 6.10 Å². The van der Waals surface area contributed by atoms with Crippen molar-refractivity contribution >= 4 is 5.69 Å². The minimum Gasteiger partial charge on any atom is -0.487 e. The van der Waals surface area contributed by atoms with Crippen molar-refractivity contribution in [1.29, 1.82) is 0 Å². The number of nitro benzene ring substituents is 1. The molecule has 2 rings (SSSR count). The van der Waals surface area contributed by atoms with Crippen LogP contribution in [0, 0.1) is 21.3 Å². The molecule has 1 aromatic carbocycles. The normalized spacial score (nSPS) is 24.6. The summed E-state index contributed by atoms with van der Waals surface area (Å²) in [5, 5.41) is 13.7. The molecule has 1 saturated carbocycles. The highest BCUT2D eigenvalue weighted by molar-refractivity contribution is 5.38. The Hall–Kier alpha value is -1.69. The third kappa shape index (κ3) is 2.40. The Bertz CT molecular complexity index is 505. The van der Waals surface area contributed by atoms with Crippen LogP contribution in [-0.2, 0) is 0 Å². The minimum absolute atomic E-state index is 0.0678. The van der Waals surface area contributed by atoms with Crippen LogP contribution in [-0.4, -0.2) is 24.1 Å². The van der Waals surface area contributed by atoms with Crippen LogP contribution in [0.1, 0.15) is 20.3 Å². The lowest BCUT2D eigenvalue weighted by atomic mass is 9.64. The largest absolute Gasteiger partial charge is 0.487 e. The number of nitrogens with zero attached hydrogens (tertiary/aromatic N) is 1. The van der Waals surface area contributed by atoms with E-state index in [2.05, 4.69) is 5.32 Å². The first kappa shape index (κ1) is 13.7. The Labute approximate surface area is 110 Å². The van der Waals surface area contributed by atoms with E-state index >= 15 is 0 Å². The molecule has 0 saturated heterocycles. The van der Waals surface area contributed by atoms with E-state index in [1.54, 1.807) is 0 Å². The predicted octanol–water partition coefficient (Wildman–Crippen LogP) is 2.50.